The Hall–Kier alpha value is -1.27. The number of nitrogens with zero attached hydrogens (tertiary/aromatic N) is 1. The minimum atomic E-state index is -1.15. The maximum atomic E-state index is 12.2. The summed E-state index contributed by atoms with van der Waals surface area (Å²) in [7, 11) is 0. The van der Waals surface area contributed by atoms with Crippen LogP contribution in [0.25, 0.3) is 0 Å². The summed E-state index contributed by atoms with van der Waals surface area (Å²) in [4.78, 5) is 24.9. The van der Waals surface area contributed by atoms with Crippen molar-refractivity contribution < 1.29 is 19.4 Å². The predicted molar refractivity (Wildman–Crippen MR) is 81.6 cm³/mol. The van der Waals surface area contributed by atoms with E-state index < -0.39 is 11.5 Å². The highest BCUT2D eigenvalue weighted by Crippen LogP contribution is 2.30. The summed E-state index contributed by atoms with van der Waals surface area (Å²) >= 11 is 9.29. The minimum Gasteiger partial charge on any atom is -0.482 e. The molecule has 1 aliphatic rings. The standard InChI is InChI=1S/C14H15BrClNO4/c1-14(13(19)20)5-2-6-17(14)12(18)8-21-11-4-3-9(15)7-10(11)16/h3-4,7H,2,5-6,8H2,1H3,(H,19,20). The van der Waals surface area contributed by atoms with Crippen LogP contribution in [-0.4, -0.2) is 40.6 Å². The molecule has 2 rings (SSSR count). The molecule has 1 amide bonds. The molecule has 0 radical (unpaired) electrons. The van der Waals surface area contributed by atoms with Crippen LogP contribution in [-0.2, 0) is 9.59 Å². The first kappa shape index (κ1) is 16.1. The fraction of sp³-hybridized carbons (Fsp3) is 0.429. The van der Waals surface area contributed by atoms with Gasteiger partial charge < -0.3 is 14.7 Å². The SMILES string of the molecule is CC1(C(=O)O)CCCN1C(=O)COc1ccc(Br)cc1Cl. The average molecular weight is 377 g/mol. The number of carboxylic acids is 1. The van der Waals surface area contributed by atoms with Gasteiger partial charge in [0.2, 0.25) is 0 Å². The van der Waals surface area contributed by atoms with Crippen LogP contribution in [0.2, 0.25) is 5.02 Å². The Kier molecular flexibility index (Phi) is 4.78. The molecule has 1 fully saturated rings. The Balaban J connectivity index is 2.03. The number of benzene rings is 1. The first-order chi connectivity index (χ1) is 9.84. The summed E-state index contributed by atoms with van der Waals surface area (Å²) in [6.07, 6.45) is 1.13. The van der Waals surface area contributed by atoms with Crippen molar-refractivity contribution in [2.45, 2.75) is 25.3 Å². The van der Waals surface area contributed by atoms with E-state index in [1.54, 1.807) is 25.1 Å². The van der Waals surface area contributed by atoms with Gasteiger partial charge in [0.1, 0.15) is 11.3 Å². The van der Waals surface area contributed by atoms with Crippen molar-refractivity contribution in [1.82, 2.24) is 4.90 Å². The summed E-state index contributed by atoms with van der Waals surface area (Å²) in [6.45, 7) is 1.76. The van der Waals surface area contributed by atoms with Crippen LogP contribution >= 0.6 is 27.5 Å². The van der Waals surface area contributed by atoms with Gasteiger partial charge in [0.15, 0.2) is 6.61 Å². The lowest BCUT2D eigenvalue weighted by Crippen LogP contribution is -2.52. The van der Waals surface area contributed by atoms with Crippen molar-refractivity contribution in [2.75, 3.05) is 13.2 Å². The number of amides is 1. The lowest BCUT2D eigenvalue weighted by atomic mass is 9.99. The zero-order chi connectivity index (χ0) is 15.6. The topological polar surface area (TPSA) is 66.8 Å². The van der Waals surface area contributed by atoms with Crippen LogP contribution in [0.3, 0.4) is 0 Å². The number of carboxylic acid groups (broad SMARTS) is 1. The molecule has 1 unspecified atom stereocenters. The zero-order valence-electron chi connectivity index (χ0n) is 11.4. The molecule has 0 aliphatic carbocycles. The Morgan fingerprint density at radius 3 is 2.86 bits per heavy atom. The number of likely N-dealkylation sites (tertiary alicyclic amines) is 1. The fourth-order valence-corrected chi connectivity index (χ4v) is 3.12. The second-order valence-electron chi connectivity index (χ2n) is 5.09. The minimum absolute atomic E-state index is 0.232. The summed E-state index contributed by atoms with van der Waals surface area (Å²) in [5.74, 6) is -0.948. The van der Waals surface area contributed by atoms with Crippen molar-refractivity contribution in [3.63, 3.8) is 0 Å². The zero-order valence-corrected chi connectivity index (χ0v) is 13.8. The molecule has 0 saturated carbocycles. The van der Waals surface area contributed by atoms with Gasteiger partial charge in [-0.2, -0.15) is 0 Å². The summed E-state index contributed by atoms with van der Waals surface area (Å²) in [6, 6.07) is 5.07. The second kappa shape index (κ2) is 6.23. The van der Waals surface area contributed by atoms with E-state index in [0.29, 0.717) is 30.2 Å². The number of halogens is 2. The number of hydrogen-bond acceptors (Lipinski definition) is 3. The Bertz CT molecular complexity index is 580. The van der Waals surface area contributed by atoms with E-state index >= 15 is 0 Å². The van der Waals surface area contributed by atoms with Gasteiger partial charge in [-0.05, 0) is 38.0 Å². The molecule has 7 heteroatoms. The molecule has 1 aromatic carbocycles. The van der Waals surface area contributed by atoms with E-state index in [2.05, 4.69) is 15.9 Å². The van der Waals surface area contributed by atoms with Gasteiger partial charge >= 0.3 is 5.97 Å². The molecule has 114 valence electrons. The maximum Gasteiger partial charge on any atom is 0.329 e. The van der Waals surface area contributed by atoms with Crippen molar-refractivity contribution in [2.24, 2.45) is 0 Å². The highest BCUT2D eigenvalue weighted by atomic mass is 79.9. The number of carbonyl (C=O) groups excluding carboxylic acids is 1. The number of rotatable bonds is 4. The van der Waals surface area contributed by atoms with E-state index in [1.165, 1.54) is 4.90 Å². The van der Waals surface area contributed by atoms with Gasteiger partial charge in [-0.25, -0.2) is 4.79 Å². The quantitative estimate of drug-likeness (QED) is 0.877. The van der Waals surface area contributed by atoms with E-state index in [9.17, 15) is 14.7 Å². The van der Waals surface area contributed by atoms with Crippen LogP contribution in [0.1, 0.15) is 19.8 Å². The Morgan fingerprint density at radius 1 is 1.52 bits per heavy atom. The third kappa shape index (κ3) is 3.32. The fourth-order valence-electron chi connectivity index (χ4n) is 2.40. The molecule has 0 aromatic heterocycles. The number of hydrogen-bond donors (Lipinski definition) is 1. The summed E-state index contributed by atoms with van der Waals surface area (Å²) in [5.41, 5.74) is -1.15. The Labute approximate surface area is 136 Å². The molecule has 5 nitrogen and oxygen atoms in total. The molecule has 1 N–H and O–H groups in total. The average Bonchev–Trinajstić information content (AvgIpc) is 2.81. The Morgan fingerprint density at radius 2 is 2.24 bits per heavy atom. The van der Waals surface area contributed by atoms with Crippen molar-refractivity contribution >= 4 is 39.4 Å². The molecule has 1 aliphatic heterocycles. The van der Waals surface area contributed by atoms with Crippen LogP contribution in [0.4, 0.5) is 0 Å². The van der Waals surface area contributed by atoms with Crippen LogP contribution in [0.15, 0.2) is 22.7 Å². The maximum absolute atomic E-state index is 12.2. The summed E-state index contributed by atoms with van der Waals surface area (Å²) < 4.78 is 6.21. The predicted octanol–water partition coefficient (Wildman–Crippen LogP) is 2.95. The normalized spacial score (nSPS) is 21.4. The molecule has 1 atom stereocenters. The van der Waals surface area contributed by atoms with E-state index in [4.69, 9.17) is 16.3 Å². The highest BCUT2D eigenvalue weighted by Gasteiger charge is 2.45. The third-order valence-corrected chi connectivity index (χ3v) is 4.44. The molecular weight excluding hydrogens is 362 g/mol. The van der Waals surface area contributed by atoms with Crippen LogP contribution in [0.5, 0.6) is 5.75 Å². The highest BCUT2D eigenvalue weighted by molar-refractivity contribution is 9.10. The number of carbonyl (C=O) groups is 2. The van der Waals surface area contributed by atoms with Crippen LogP contribution < -0.4 is 4.74 Å². The van der Waals surface area contributed by atoms with Crippen molar-refractivity contribution in [3.05, 3.63) is 27.7 Å². The molecule has 1 aromatic rings. The molecule has 0 spiro atoms. The lowest BCUT2D eigenvalue weighted by molar-refractivity contribution is -0.156. The van der Waals surface area contributed by atoms with Gasteiger partial charge in [-0.3, -0.25) is 4.79 Å². The van der Waals surface area contributed by atoms with Crippen molar-refractivity contribution in [1.29, 1.82) is 0 Å². The molecule has 0 bridgehead atoms. The van der Waals surface area contributed by atoms with E-state index in [1.807, 2.05) is 0 Å². The molecule has 1 saturated heterocycles. The van der Waals surface area contributed by atoms with Gasteiger partial charge in [0.25, 0.3) is 5.91 Å². The van der Waals surface area contributed by atoms with Gasteiger partial charge in [-0.15, -0.1) is 0 Å². The third-order valence-electron chi connectivity index (χ3n) is 3.65. The van der Waals surface area contributed by atoms with Gasteiger partial charge in [0, 0.05) is 11.0 Å². The number of aliphatic carboxylic acids is 1. The van der Waals surface area contributed by atoms with E-state index in [0.717, 1.165) is 4.47 Å². The largest absolute Gasteiger partial charge is 0.482 e. The number of ether oxygens (including phenoxy) is 1. The molecule has 21 heavy (non-hydrogen) atoms. The van der Waals surface area contributed by atoms with Gasteiger partial charge in [0.05, 0.1) is 5.02 Å². The van der Waals surface area contributed by atoms with Gasteiger partial charge in [-0.1, -0.05) is 27.5 Å². The van der Waals surface area contributed by atoms with E-state index in [-0.39, 0.29) is 12.5 Å². The summed E-state index contributed by atoms with van der Waals surface area (Å²) in [5, 5.41) is 9.68. The molecule has 1 heterocycles. The first-order valence-corrected chi connectivity index (χ1v) is 7.63. The lowest BCUT2D eigenvalue weighted by Gasteiger charge is -2.31. The van der Waals surface area contributed by atoms with Crippen LogP contribution in [0, 0.1) is 0 Å². The second-order valence-corrected chi connectivity index (χ2v) is 6.41. The first-order valence-electron chi connectivity index (χ1n) is 6.46. The molecular formula is C14H15BrClNO4. The monoisotopic (exact) mass is 375 g/mol. The van der Waals surface area contributed by atoms with Crippen molar-refractivity contribution in [3.8, 4) is 5.75 Å². The smallest absolute Gasteiger partial charge is 0.329 e.